The smallest absolute Gasteiger partial charge is 0.204 e. The van der Waals surface area contributed by atoms with E-state index in [4.69, 9.17) is 14.2 Å². The molecule has 0 aliphatic heterocycles. The van der Waals surface area contributed by atoms with E-state index in [-0.39, 0.29) is 24.4 Å². The molecule has 0 aliphatic rings. The second-order valence-corrected chi connectivity index (χ2v) is 5.94. The zero-order valence-corrected chi connectivity index (χ0v) is 15.7. The van der Waals surface area contributed by atoms with Gasteiger partial charge in [-0.25, -0.2) is 0 Å². The zero-order chi connectivity index (χ0) is 21.2. The van der Waals surface area contributed by atoms with Crippen LogP contribution < -0.4 is 14.2 Å². The zero-order valence-electron chi connectivity index (χ0n) is 15.7. The number of carbonyl (C=O) groups excluding carboxylic acids is 2. The van der Waals surface area contributed by atoms with Crippen molar-refractivity contribution in [3.63, 3.8) is 0 Å². The molecule has 29 heavy (non-hydrogen) atoms. The number of hydrogen-bond acceptors (Lipinski definition) is 7. The standard InChI is InChI=1S/C22H22O7/c1-3-15(23)13-21(25)28-19-9-5-17(6-10-19)27-18-7-11-20(12-8-18)29-22(26)14-16(24)4-2/h3-12,21-22,25-26H,1-2,13-14H2. The number of aliphatic hydroxyl groups is 2. The Hall–Kier alpha value is -3.42. The Morgan fingerprint density at radius 3 is 1.34 bits per heavy atom. The van der Waals surface area contributed by atoms with E-state index in [1.54, 1.807) is 48.5 Å². The number of ketones is 2. The lowest BCUT2D eigenvalue weighted by Crippen LogP contribution is -2.19. The number of ether oxygens (including phenoxy) is 3. The fraction of sp³-hybridized carbons (Fsp3) is 0.182. The lowest BCUT2D eigenvalue weighted by Gasteiger charge is -2.13. The Labute approximate surface area is 168 Å². The van der Waals surface area contributed by atoms with Crippen LogP contribution in [0.3, 0.4) is 0 Å². The average molecular weight is 398 g/mol. The van der Waals surface area contributed by atoms with Crippen LogP contribution in [-0.2, 0) is 9.59 Å². The molecule has 2 N–H and O–H groups in total. The maximum Gasteiger partial charge on any atom is 0.204 e. The van der Waals surface area contributed by atoms with Crippen LogP contribution in [0.4, 0.5) is 0 Å². The Bertz CT molecular complexity index is 769. The van der Waals surface area contributed by atoms with Crippen molar-refractivity contribution in [1.29, 1.82) is 0 Å². The fourth-order valence-electron chi connectivity index (χ4n) is 2.22. The summed E-state index contributed by atoms with van der Waals surface area (Å²) < 4.78 is 16.2. The van der Waals surface area contributed by atoms with Gasteiger partial charge in [0.2, 0.25) is 12.6 Å². The van der Waals surface area contributed by atoms with Crippen LogP contribution in [0.1, 0.15) is 12.8 Å². The molecule has 2 aromatic carbocycles. The van der Waals surface area contributed by atoms with Gasteiger partial charge < -0.3 is 24.4 Å². The molecule has 0 heterocycles. The first-order chi connectivity index (χ1) is 13.9. The van der Waals surface area contributed by atoms with Crippen LogP contribution in [0, 0.1) is 0 Å². The predicted molar refractivity (Wildman–Crippen MR) is 106 cm³/mol. The van der Waals surface area contributed by atoms with Gasteiger partial charge >= 0.3 is 0 Å². The molecule has 0 saturated heterocycles. The maximum atomic E-state index is 11.2. The average Bonchev–Trinajstić information content (AvgIpc) is 2.70. The monoisotopic (exact) mass is 398 g/mol. The van der Waals surface area contributed by atoms with Gasteiger partial charge in [0.15, 0.2) is 11.6 Å². The Morgan fingerprint density at radius 2 is 1.03 bits per heavy atom. The van der Waals surface area contributed by atoms with Crippen molar-refractivity contribution < 1.29 is 34.0 Å². The number of rotatable bonds is 12. The van der Waals surface area contributed by atoms with Crippen LogP contribution in [0.15, 0.2) is 73.8 Å². The topological polar surface area (TPSA) is 102 Å². The molecule has 0 aliphatic carbocycles. The highest BCUT2D eigenvalue weighted by molar-refractivity contribution is 5.89. The van der Waals surface area contributed by atoms with Crippen molar-refractivity contribution in [1.82, 2.24) is 0 Å². The highest BCUT2D eigenvalue weighted by Crippen LogP contribution is 2.26. The first-order valence-corrected chi connectivity index (χ1v) is 8.77. The lowest BCUT2D eigenvalue weighted by molar-refractivity contribution is -0.122. The van der Waals surface area contributed by atoms with Gasteiger partial charge in [-0.15, -0.1) is 0 Å². The van der Waals surface area contributed by atoms with Crippen LogP contribution in [0.25, 0.3) is 0 Å². The van der Waals surface area contributed by atoms with E-state index in [2.05, 4.69) is 13.2 Å². The number of hydrogen-bond donors (Lipinski definition) is 2. The van der Waals surface area contributed by atoms with E-state index in [9.17, 15) is 19.8 Å². The number of allylic oxidation sites excluding steroid dienone is 2. The van der Waals surface area contributed by atoms with E-state index < -0.39 is 12.6 Å². The summed E-state index contributed by atoms with van der Waals surface area (Å²) in [6.07, 6.45) is -0.601. The molecule has 2 aromatic rings. The number of carbonyl (C=O) groups is 2. The second-order valence-electron chi connectivity index (χ2n) is 5.94. The lowest BCUT2D eigenvalue weighted by atomic mass is 10.2. The predicted octanol–water partition coefficient (Wildman–Crippen LogP) is 3.16. The van der Waals surface area contributed by atoms with Gasteiger partial charge in [-0.2, -0.15) is 0 Å². The van der Waals surface area contributed by atoms with Crippen LogP contribution >= 0.6 is 0 Å². The molecule has 0 radical (unpaired) electrons. The third-order valence-electron chi connectivity index (χ3n) is 3.63. The Morgan fingerprint density at radius 1 is 0.724 bits per heavy atom. The SMILES string of the molecule is C=CC(=O)CC(O)Oc1ccc(Oc2ccc(OC(O)CC(=O)C=C)cc2)cc1. The maximum absolute atomic E-state index is 11.2. The fourth-order valence-corrected chi connectivity index (χ4v) is 2.22. The first-order valence-electron chi connectivity index (χ1n) is 8.77. The minimum absolute atomic E-state index is 0.174. The van der Waals surface area contributed by atoms with Gasteiger partial charge in [-0.05, 0) is 60.7 Å². The molecule has 0 spiro atoms. The molecule has 7 nitrogen and oxygen atoms in total. The normalized spacial score (nSPS) is 12.3. The molecule has 0 amide bonds. The van der Waals surface area contributed by atoms with Gasteiger partial charge in [-0.3, -0.25) is 9.59 Å². The Kier molecular flexibility index (Phi) is 8.14. The number of aliphatic hydroxyl groups excluding tert-OH is 2. The molecular formula is C22H22O7. The molecule has 2 rings (SSSR count). The molecule has 0 aromatic heterocycles. The molecule has 0 fully saturated rings. The molecule has 2 atom stereocenters. The van der Waals surface area contributed by atoms with Crippen molar-refractivity contribution in [3.8, 4) is 23.0 Å². The van der Waals surface area contributed by atoms with Crippen molar-refractivity contribution >= 4 is 11.6 Å². The summed E-state index contributed by atoms with van der Waals surface area (Å²) in [6, 6.07) is 13.0. The van der Waals surface area contributed by atoms with Crippen LogP contribution in [0.2, 0.25) is 0 Å². The summed E-state index contributed by atoms with van der Waals surface area (Å²) in [5, 5.41) is 19.4. The van der Waals surface area contributed by atoms with Gasteiger partial charge in [-0.1, -0.05) is 13.2 Å². The molecular weight excluding hydrogens is 376 g/mol. The summed E-state index contributed by atoms with van der Waals surface area (Å²) in [6.45, 7) is 6.67. The highest BCUT2D eigenvalue weighted by atomic mass is 16.6. The highest BCUT2D eigenvalue weighted by Gasteiger charge is 2.11. The van der Waals surface area contributed by atoms with Gasteiger partial charge in [0.05, 0.1) is 12.8 Å². The van der Waals surface area contributed by atoms with E-state index in [0.29, 0.717) is 23.0 Å². The first kappa shape index (κ1) is 21.9. The quantitative estimate of drug-likeness (QED) is 0.418. The van der Waals surface area contributed by atoms with Crippen LogP contribution in [-0.4, -0.2) is 34.4 Å². The summed E-state index contributed by atoms with van der Waals surface area (Å²) >= 11 is 0. The summed E-state index contributed by atoms with van der Waals surface area (Å²) in [5.74, 6) is 1.19. The van der Waals surface area contributed by atoms with Crippen molar-refractivity contribution in [2.24, 2.45) is 0 Å². The van der Waals surface area contributed by atoms with Crippen LogP contribution in [0.5, 0.6) is 23.0 Å². The molecule has 0 bridgehead atoms. The van der Waals surface area contributed by atoms with Crippen molar-refractivity contribution in [2.45, 2.75) is 25.4 Å². The van der Waals surface area contributed by atoms with Gasteiger partial charge in [0, 0.05) is 0 Å². The second kappa shape index (κ2) is 10.8. The molecule has 2 unspecified atom stereocenters. The Balaban J connectivity index is 1.88. The summed E-state index contributed by atoms with van der Waals surface area (Å²) in [5.41, 5.74) is 0. The molecule has 0 saturated carbocycles. The van der Waals surface area contributed by atoms with E-state index >= 15 is 0 Å². The summed E-state index contributed by atoms with van der Waals surface area (Å²) in [7, 11) is 0. The van der Waals surface area contributed by atoms with E-state index in [1.807, 2.05) is 0 Å². The molecule has 152 valence electrons. The summed E-state index contributed by atoms with van der Waals surface area (Å²) in [4.78, 5) is 22.4. The third-order valence-corrected chi connectivity index (χ3v) is 3.63. The van der Waals surface area contributed by atoms with Crippen molar-refractivity contribution in [3.05, 3.63) is 73.8 Å². The number of benzene rings is 2. The van der Waals surface area contributed by atoms with E-state index in [0.717, 1.165) is 12.2 Å². The van der Waals surface area contributed by atoms with Crippen molar-refractivity contribution in [2.75, 3.05) is 0 Å². The van der Waals surface area contributed by atoms with Gasteiger partial charge in [0.1, 0.15) is 23.0 Å². The molecule has 7 heteroatoms. The van der Waals surface area contributed by atoms with Gasteiger partial charge in [0.25, 0.3) is 0 Å². The minimum Gasteiger partial charge on any atom is -0.465 e. The largest absolute Gasteiger partial charge is 0.465 e. The minimum atomic E-state index is -1.25. The van der Waals surface area contributed by atoms with E-state index in [1.165, 1.54) is 0 Å². The third kappa shape index (κ3) is 7.61.